The van der Waals surface area contributed by atoms with E-state index in [0.29, 0.717) is 0 Å². The van der Waals surface area contributed by atoms with Crippen molar-refractivity contribution in [2.75, 3.05) is 0 Å². The van der Waals surface area contributed by atoms with Crippen molar-refractivity contribution >= 4 is 0 Å². The van der Waals surface area contributed by atoms with E-state index in [1.54, 1.807) is 0 Å². The van der Waals surface area contributed by atoms with Crippen molar-refractivity contribution in [3.05, 3.63) is 26.0 Å². The molecule has 0 heteroatoms. The third-order valence-corrected chi connectivity index (χ3v) is 1.95. The normalized spacial score (nSPS) is 11.2. The van der Waals surface area contributed by atoms with Crippen molar-refractivity contribution in [2.45, 2.75) is 51.4 Å². The average molecular weight is 166 g/mol. The smallest absolute Gasteiger partial charge is 0.0351 e. The number of unbranched alkanes of at least 4 members (excludes halogenated alkanes) is 6. The molecule has 0 unspecified atom stereocenters. The molecule has 0 atom stereocenters. The lowest BCUT2D eigenvalue weighted by Crippen LogP contribution is -1.77. The summed E-state index contributed by atoms with van der Waals surface area (Å²) >= 11 is 0. The lowest BCUT2D eigenvalue weighted by molar-refractivity contribution is 0.621. The molecule has 0 saturated heterocycles. The van der Waals surface area contributed by atoms with Crippen LogP contribution < -0.4 is 0 Å². The Morgan fingerprint density at radius 1 is 0.750 bits per heavy atom. The molecular formula is C12H22. The summed E-state index contributed by atoms with van der Waals surface area (Å²) in [6, 6.07) is 0. The molecule has 0 aromatic heterocycles. The van der Waals surface area contributed by atoms with Crippen LogP contribution in [0.5, 0.6) is 0 Å². The molecule has 0 rings (SSSR count). The zero-order valence-electron chi connectivity index (χ0n) is 8.23. The zero-order chi connectivity index (χ0) is 9.07. The van der Waals surface area contributed by atoms with Gasteiger partial charge in [0.05, 0.1) is 0 Å². The van der Waals surface area contributed by atoms with Crippen LogP contribution in [-0.4, -0.2) is 0 Å². The van der Waals surface area contributed by atoms with Gasteiger partial charge in [0.15, 0.2) is 0 Å². The Morgan fingerprint density at radius 2 is 1.42 bits per heavy atom. The molecule has 0 N–H and O–H groups in total. The molecule has 0 spiro atoms. The van der Waals surface area contributed by atoms with E-state index in [-0.39, 0.29) is 0 Å². The lowest BCUT2D eigenvalue weighted by atomic mass is 10.1. The maximum absolute atomic E-state index is 3.83. The van der Waals surface area contributed by atoms with Crippen LogP contribution in [0.2, 0.25) is 0 Å². The molecule has 0 amide bonds. The van der Waals surface area contributed by atoms with Gasteiger partial charge in [-0.25, -0.2) is 0 Å². The summed E-state index contributed by atoms with van der Waals surface area (Å²) in [6.45, 7) is 7.58. The van der Waals surface area contributed by atoms with E-state index in [1.165, 1.54) is 38.5 Å². The molecule has 0 aliphatic rings. The van der Waals surface area contributed by atoms with Crippen LogP contribution >= 0.6 is 0 Å². The van der Waals surface area contributed by atoms with Crippen LogP contribution in [-0.2, 0) is 0 Å². The van der Waals surface area contributed by atoms with Gasteiger partial charge in [0.1, 0.15) is 0 Å². The molecule has 0 fully saturated rings. The van der Waals surface area contributed by atoms with E-state index in [1.807, 2.05) is 0 Å². The minimum Gasteiger partial charge on any atom is -0.0885 e. The first-order valence-electron chi connectivity index (χ1n) is 5.15. The summed E-state index contributed by atoms with van der Waals surface area (Å²) in [6.07, 6.45) is 14.4. The molecule has 0 bridgehead atoms. The number of allylic oxidation sites excluding steroid dienone is 2. The topological polar surface area (TPSA) is 0 Å². The summed E-state index contributed by atoms with van der Waals surface area (Å²) in [7, 11) is 0. The second kappa shape index (κ2) is 10.7. The second-order valence-corrected chi connectivity index (χ2v) is 3.17. The Balaban J connectivity index is 2.86. The van der Waals surface area contributed by atoms with Gasteiger partial charge < -0.3 is 0 Å². The quantitative estimate of drug-likeness (QED) is 0.372. The Morgan fingerprint density at radius 3 is 2.08 bits per heavy atom. The molecule has 0 aromatic carbocycles. The summed E-state index contributed by atoms with van der Waals surface area (Å²) in [5, 5.41) is 0. The van der Waals surface area contributed by atoms with E-state index in [0.717, 1.165) is 12.8 Å². The monoisotopic (exact) mass is 166 g/mol. The van der Waals surface area contributed by atoms with Crippen LogP contribution in [0.3, 0.4) is 0 Å². The number of hydrogen-bond donors (Lipinski definition) is 0. The molecule has 12 heavy (non-hydrogen) atoms. The summed E-state index contributed by atoms with van der Waals surface area (Å²) < 4.78 is 0. The highest BCUT2D eigenvalue weighted by Gasteiger charge is 1.87. The van der Waals surface area contributed by atoms with Crippen molar-refractivity contribution in [3.63, 3.8) is 0 Å². The lowest BCUT2D eigenvalue weighted by Gasteiger charge is -1.97. The first-order chi connectivity index (χ1) is 5.91. The van der Waals surface area contributed by atoms with E-state index >= 15 is 0 Å². The van der Waals surface area contributed by atoms with Gasteiger partial charge in [-0.1, -0.05) is 51.2 Å². The minimum atomic E-state index is 0.932. The van der Waals surface area contributed by atoms with Gasteiger partial charge in [0.2, 0.25) is 0 Å². The van der Waals surface area contributed by atoms with Crippen molar-refractivity contribution in [1.29, 1.82) is 0 Å². The Kier molecular flexibility index (Phi) is 10.5. The third kappa shape index (κ3) is 9.74. The van der Waals surface area contributed by atoms with Crippen LogP contribution in [0.1, 0.15) is 51.4 Å². The van der Waals surface area contributed by atoms with Gasteiger partial charge >= 0.3 is 0 Å². The summed E-state index contributed by atoms with van der Waals surface area (Å²) in [4.78, 5) is 0. The van der Waals surface area contributed by atoms with Crippen molar-refractivity contribution in [1.82, 2.24) is 0 Å². The van der Waals surface area contributed by atoms with Crippen LogP contribution in [0.25, 0.3) is 0 Å². The highest BCUT2D eigenvalue weighted by molar-refractivity contribution is 4.81. The van der Waals surface area contributed by atoms with Gasteiger partial charge in [0.25, 0.3) is 0 Å². The van der Waals surface area contributed by atoms with Gasteiger partial charge in [-0.3, -0.25) is 0 Å². The Hall–Kier alpha value is -0.260. The van der Waals surface area contributed by atoms with Crippen LogP contribution in [0, 0.1) is 13.8 Å². The SMILES string of the molecule is [CH2]CC=CCCCCCCC[CH2]. The van der Waals surface area contributed by atoms with Gasteiger partial charge in [-0.15, -0.1) is 0 Å². The first-order valence-corrected chi connectivity index (χ1v) is 5.15. The van der Waals surface area contributed by atoms with Crippen LogP contribution in [0.15, 0.2) is 12.2 Å². The van der Waals surface area contributed by atoms with Gasteiger partial charge in [-0.2, -0.15) is 0 Å². The maximum atomic E-state index is 3.83. The third-order valence-electron chi connectivity index (χ3n) is 1.95. The Labute approximate surface area is 78.1 Å². The number of rotatable bonds is 8. The van der Waals surface area contributed by atoms with Crippen molar-refractivity contribution in [2.24, 2.45) is 0 Å². The molecular weight excluding hydrogens is 144 g/mol. The number of hydrogen-bond acceptors (Lipinski definition) is 0. The molecule has 0 aromatic rings. The predicted molar refractivity (Wildman–Crippen MR) is 56.8 cm³/mol. The molecule has 0 aliphatic heterocycles. The van der Waals surface area contributed by atoms with E-state index in [2.05, 4.69) is 26.0 Å². The largest absolute Gasteiger partial charge is 0.0885 e. The highest BCUT2D eigenvalue weighted by Crippen LogP contribution is 2.06. The zero-order valence-corrected chi connectivity index (χ0v) is 8.23. The Bertz CT molecular complexity index is 92.2. The molecule has 0 aliphatic carbocycles. The molecule has 0 saturated carbocycles. The summed E-state index contributed by atoms with van der Waals surface area (Å²) in [5.74, 6) is 0. The van der Waals surface area contributed by atoms with Gasteiger partial charge in [-0.05, 0) is 26.2 Å². The van der Waals surface area contributed by atoms with Crippen LogP contribution in [0.4, 0.5) is 0 Å². The molecule has 0 heterocycles. The fourth-order valence-electron chi connectivity index (χ4n) is 1.20. The highest BCUT2D eigenvalue weighted by atomic mass is 13.9. The molecule has 2 radical (unpaired) electrons. The predicted octanol–water partition coefficient (Wildman–Crippen LogP) is 4.33. The van der Waals surface area contributed by atoms with E-state index in [4.69, 9.17) is 0 Å². The summed E-state index contributed by atoms with van der Waals surface area (Å²) in [5.41, 5.74) is 0. The van der Waals surface area contributed by atoms with E-state index in [9.17, 15) is 0 Å². The van der Waals surface area contributed by atoms with Crippen molar-refractivity contribution in [3.8, 4) is 0 Å². The maximum Gasteiger partial charge on any atom is -0.0351 e. The van der Waals surface area contributed by atoms with E-state index < -0.39 is 0 Å². The average Bonchev–Trinajstić information content (AvgIpc) is 2.10. The molecule has 70 valence electrons. The van der Waals surface area contributed by atoms with Gasteiger partial charge in [0, 0.05) is 0 Å². The fraction of sp³-hybridized carbons (Fsp3) is 0.667. The second-order valence-electron chi connectivity index (χ2n) is 3.17. The standard InChI is InChI=1S/C12H22/c1-3-5-7-9-11-12-10-8-6-4-2/h5,7H,1-4,6,8-12H2. The molecule has 0 nitrogen and oxygen atoms in total. The minimum absolute atomic E-state index is 0.932. The first kappa shape index (κ1) is 11.7. The fourth-order valence-corrected chi connectivity index (χ4v) is 1.20. The van der Waals surface area contributed by atoms with Crippen molar-refractivity contribution < 1.29 is 0 Å².